The maximum absolute atomic E-state index is 13.4. The molecule has 25 heavy (non-hydrogen) atoms. The number of aryl methyl sites for hydroxylation is 1. The molecule has 0 saturated carbocycles. The zero-order valence-electron chi connectivity index (χ0n) is 12.6. The zero-order chi connectivity index (χ0) is 18.4. The quantitative estimate of drug-likeness (QED) is 0.536. The lowest BCUT2D eigenvalue weighted by Crippen LogP contribution is -2.17. The summed E-state index contributed by atoms with van der Waals surface area (Å²) in [4.78, 5) is 4.07. The molecule has 0 bridgehead atoms. The van der Waals surface area contributed by atoms with Gasteiger partial charge in [0.15, 0.2) is 19.3 Å². The summed E-state index contributed by atoms with van der Waals surface area (Å²) in [7, 11) is 4.76. The van der Waals surface area contributed by atoms with Gasteiger partial charge in [0, 0.05) is 11.8 Å². The molecule has 128 valence electrons. The summed E-state index contributed by atoms with van der Waals surface area (Å²) >= 11 is 0. The molecule has 2 heterocycles. The van der Waals surface area contributed by atoms with Crippen molar-refractivity contribution in [3.05, 3.63) is 42.0 Å². The van der Waals surface area contributed by atoms with Crippen molar-refractivity contribution >= 4 is 13.5 Å². The molecule has 11 heteroatoms. The first-order valence-electron chi connectivity index (χ1n) is 6.79. The predicted octanol–water partition coefficient (Wildman–Crippen LogP) is 3.22. The van der Waals surface area contributed by atoms with Gasteiger partial charge < -0.3 is 4.74 Å². The Bertz CT molecular complexity index is 935. The number of benzene rings is 1. The van der Waals surface area contributed by atoms with E-state index in [0.29, 0.717) is 11.1 Å². The molecule has 2 aromatic heterocycles. The number of nitrogens with zero attached hydrogens (tertiary/aromatic N) is 4. The minimum atomic E-state index is -4.81. The number of aromatic nitrogens is 4. The fourth-order valence-corrected chi connectivity index (χ4v) is 2.29. The number of hydrogen-bond acceptors (Lipinski definition) is 4. The third kappa shape index (κ3) is 3.54. The molecule has 0 unspecified atom stereocenters. The van der Waals surface area contributed by atoms with Crippen molar-refractivity contribution in [3.8, 4) is 17.0 Å². The minimum absolute atomic E-state index is 0.0542. The van der Waals surface area contributed by atoms with Crippen LogP contribution < -0.4 is 4.74 Å². The molecule has 3 rings (SSSR count). The van der Waals surface area contributed by atoms with Gasteiger partial charge in [-0.3, -0.25) is 9.38 Å². The van der Waals surface area contributed by atoms with Gasteiger partial charge in [-0.15, -0.1) is 23.4 Å². The fourth-order valence-electron chi connectivity index (χ4n) is 2.29. The van der Waals surface area contributed by atoms with Crippen molar-refractivity contribution in [1.29, 1.82) is 0 Å². The Labute approximate surface area is 138 Å². The van der Waals surface area contributed by atoms with Gasteiger partial charge in [0.2, 0.25) is 0 Å². The van der Waals surface area contributed by atoms with Crippen LogP contribution in [0.4, 0.5) is 22.0 Å². The minimum Gasteiger partial charge on any atom is -0.406 e. The second-order valence-corrected chi connectivity index (χ2v) is 5.17. The van der Waals surface area contributed by atoms with Crippen LogP contribution in [0.25, 0.3) is 16.9 Å². The van der Waals surface area contributed by atoms with Crippen molar-refractivity contribution in [2.45, 2.75) is 19.1 Å². The Morgan fingerprint density at radius 1 is 1.12 bits per heavy atom. The summed E-state index contributed by atoms with van der Waals surface area (Å²) in [5.74, 6) is -4.88. The Morgan fingerprint density at radius 3 is 2.44 bits per heavy atom. The molecule has 1 aromatic carbocycles. The lowest BCUT2D eigenvalue weighted by Gasteiger charge is -2.12. The molecule has 0 fully saturated rings. The van der Waals surface area contributed by atoms with Gasteiger partial charge in [0.25, 0.3) is 5.82 Å². The molecule has 0 aliphatic heterocycles. The highest BCUT2D eigenvalue weighted by Crippen LogP contribution is 2.30. The first kappa shape index (κ1) is 17.1. The molecule has 5 nitrogen and oxygen atoms in total. The van der Waals surface area contributed by atoms with E-state index in [1.54, 1.807) is 0 Å². The van der Waals surface area contributed by atoms with Crippen LogP contribution in [0.3, 0.4) is 0 Å². The zero-order valence-corrected chi connectivity index (χ0v) is 12.6. The van der Waals surface area contributed by atoms with E-state index in [0.717, 1.165) is 10.5 Å². The van der Waals surface area contributed by atoms with Crippen molar-refractivity contribution in [2.75, 3.05) is 0 Å². The molecule has 0 N–H and O–H groups in total. The topological polar surface area (TPSA) is 52.3 Å². The summed E-state index contributed by atoms with van der Waals surface area (Å²) in [6.07, 6.45) is -2.37. The van der Waals surface area contributed by atoms with Gasteiger partial charge in [0.1, 0.15) is 5.75 Å². The van der Waals surface area contributed by atoms with Crippen molar-refractivity contribution in [3.63, 3.8) is 0 Å². The van der Waals surface area contributed by atoms with Gasteiger partial charge in [0.05, 0.1) is 11.9 Å². The predicted molar refractivity (Wildman–Crippen MR) is 77.3 cm³/mol. The van der Waals surface area contributed by atoms with Crippen LogP contribution in [0.2, 0.25) is 0 Å². The highest BCUT2D eigenvalue weighted by Gasteiger charge is 2.32. The number of hydrogen-bond donors (Lipinski definition) is 0. The largest absolute Gasteiger partial charge is 0.573 e. The maximum Gasteiger partial charge on any atom is 0.573 e. The van der Waals surface area contributed by atoms with Gasteiger partial charge in [-0.1, -0.05) is 0 Å². The normalized spacial score (nSPS) is 12.6. The number of ether oxygens (including phenoxy) is 1. The van der Waals surface area contributed by atoms with E-state index in [-0.39, 0.29) is 11.3 Å². The van der Waals surface area contributed by atoms with Gasteiger partial charge in [-0.2, -0.15) is 0 Å². The Hall–Kier alpha value is -2.72. The van der Waals surface area contributed by atoms with Crippen molar-refractivity contribution in [1.82, 2.24) is 19.6 Å². The summed E-state index contributed by atoms with van der Waals surface area (Å²) in [6.45, 7) is 1.54. The highest BCUT2D eigenvalue weighted by molar-refractivity contribution is 6.13. The Morgan fingerprint density at radius 2 is 1.84 bits per heavy atom. The van der Waals surface area contributed by atoms with Crippen LogP contribution in [-0.4, -0.2) is 33.8 Å². The third-order valence-corrected chi connectivity index (χ3v) is 3.30. The van der Waals surface area contributed by atoms with Gasteiger partial charge in [-0.05, 0) is 30.7 Å². The lowest BCUT2D eigenvalue weighted by atomic mass is 9.98. The summed E-state index contributed by atoms with van der Waals surface area (Å²) in [5.41, 5.74) is 1.12. The summed E-state index contributed by atoms with van der Waals surface area (Å²) < 4.78 is 68.3. The summed E-state index contributed by atoms with van der Waals surface area (Å²) in [5, 5.41) is 6.87. The molecule has 0 saturated heterocycles. The van der Waals surface area contributed by atoms with Crippen LogP contribution >= 0.6 is 0 Å². The van der Waals surface area contributed by atoms with Crippen LogP contribution in [0, 0.1) is 6.92 Å². The van der Waals surface area contributed by atoms with Crippen molar-refractivity contribution < 1.29 is 26.7 Å². The first-order chi connectivity index (χ1) is 11.5. The maximum atomic E-state index is 13.4. The van der Waals surface area contributed by atoms with Crippen LogP contribution in [0.15, 0.2) is 30.6 Å². The molecular weight excluding hydrogens is 346 g/mol. The van der Waals surface area contributed by atoms with E-state index in [1.165, 1.54) is 31.5 Å². The number of alkyl halides is 5. The standard InChI is InChI=1S/C14H8BF5N4O/c1-7-4-8(25-14(18,19)20)2-3-9(7)10-6-24-11(5-21-10)22-23-12(24)13(15,16)17/h2-6H,1H3. The Balaban J connectivity index is 2.04. The monoisotopic (exact) mass is 354 g/mol. The van der Waals surface area contributed by atoms with E-state index in [1.807, 2.05) is 0 Å². The number of halogens is 5. The van der Waals surface area contributed by atoms with E-state index in [4.69, 9.17) is 7.85 Å². The molecule has 0 atom stereocenters. The fraction of sp³-hybridized carbons (Fsp3) is 0.214. The summed E-state index contributed by atoms with van der Waals surface area (Å²) in [6, 6.07) is 3.61. The van der Waals surface area contributed by atoms with E-state index < -0.39 is 23.8 Å². The molecule has 0 aliphatic rings. The molecule has 3 aromatic rings. The second kappa shape index (κ2) is 5.68. The lowest BCUT2D eigenvalue weighted by molar-refractivity contribution is -0.274. The van der Waals surface area contributed by atoms with Gasteiger partial charge in [-0.25, -0.2) is 8.78 Å². The molecule has 0 spiro atoms. The SMILES string of the molecule is [B]C(F)(F)c1nnc2cnc(-c3ccc(OC(F)(F)F)cc3C)cn12. The molecule has 2 radical (unpaired) electrons. The van der Waals surface area contributed by atoms with E-state index >= 15 is 0 Å². The van der Waals surface area contributed by atoms with E-state index in [2.05, 4.69) is 19.9 Å². The highest BCUT2D eigenvalue weighted by atomic mass is 19.4. The Kier molecular flexibility index (Phi) is 3.89. The number of rotatable bonds is 3. The van der Waals surface area contributed by atoms with Crippen LogP contribution in [0.1, 0.15) is 11.4 Å². The van der Waals surface area contributed by atoms with Gasteiger partial charge >= 0.3 is 6.36 Å². The smallest absolute Gasteiger partial charge is 0.406 e. The molecular formula is C14H8BF5N4O. The average Bonchev–Trinajstić information content (AvgIpc) is 2.88. The first-order valence-corrected chi connectivity index (χ1v) is 6.79. The average molecular weight is 354 g/mol. The molecule has 0 amide bonds. The molecule has 0 aliphatic carbocycles. The second-order valence-electron chi connectivity index (χ2n) is 5.17. The number of fused-ring (bicyclic) bond motifs is 1. The van der Waals surface area contributed by atoms with Crippen LogP contribution in [-0.2, 0) is 5.82 Å². The van der Waals surface area contributed by atoms with Crippen LogP contribution in [0.5, 0.6) is 5.75 Å². The van der Waals surface area contributed by atoms with E-state index in [9.17, 15) is 22.0 Å². The van der Waals surface area contributed by atoms with Crippen molar-refractivity contribution in [2.24, 2.45) is 0 Å². The third-order valence-electron chi connectivity index (χ3n) is 3.30.